The van der Waals surface area contributed by atoms with Crippen LogP contribution in [-0.4, -0.2) is 28.9 Å². The van der Waals surface area contributed by atoms with E-state index in [2.05, 4.69) is 42.4 Å². The van der Waals surface area contributed by atoms with Gasteiger partial charge in [-0.3, -0.25) is 4.79 Å². The largest absolute Gasteiger partial charge is 0.361 e. The summed E-state index contributed by atoms with van der Waals surface area (Å²) in [5.74, 6) is 1.10. The number of benzene rings is 2. The Morgan fingerprint density at radius 3 is 2.62 bits per heavy atom. The van der Waals surface area contributed by atoms with Crippen LogP contribution in [0.1, 0.15) is 35.2 Å². The number of aromatic amines is 1. The van der Waals surface area contributed by atoms with E-state index in [9.17, 15) is 4.79 Å². The van der Waals surface area contributed by atoms with E-state index in [-0.39, 0.29) is 5.91 Å². The Hall–Kier alpha value is -2.55. The highest BCUT2D eigenvalue weighted by atomic mass is 16.2. The molecule has 0 radical (unpaired) electrons. The predicted molar refractivity (Wildman–Crippen MR) is 97.2 cm³/mol. The molecule has 3 nitrogen and oxygen atoms in total. The molecule has 0 bridgehead atoms. The second kappa shape index (κ2) is 6.16. The Morgan fingerprint density at radius 2 is 1.83 bits per heavy atom. The Bertz CT molecular complexity index is 852. The van der Waals surface area contributed by atoms with Crippen LogP contribution in [0.25, 0.3) is 10.9 Å². The Labute approximate surface area is 142 Å². The van der Waals surface area contributed by atoms with Crippen molar-refractivity contribution in [2.24, 2.45) is 5.92 Å². The van der Waals surface area contributed by atoms with Crippen molar-refractivity contribution in [1.82, 2.24) is 9.88 Å². The van der Waals surface area contributed by atoms with Crippen molar-refractivity contribution in [3.05, 3.63) is 71.9 Å². The van der Waals surface area contributed by atoms with Crippen LogP contribution in [0.3, 0.4) is 0 Å². The van der Waals surface area contributed by atoms with E-state index in [1.165, 1.54) is 16.5 Å². The lowest BCUT2D eigenvalue weighted by Gasteiger charge is -2.37. The number of H-pyrrole nitrogens is 1. The zero-order chi connectivity index (χ0) is 16.5. The van der Waals surface area contributed by atoms with E-state index >= 15 is 0 Å². The highest BCUT2D eigenvalue weighted by Crippen LogP contribution is 2.36. The van der Waals surface area contributed by atoms with Crippen LogP contribution in [0.2, 0.25) is 0 Å². The summed E-state index contributed by atoms with van der Waals surface area (Å²) >= 11 is 0. The Balaban J connectivity index is 1.54. The first-order valence-corrected chi connectivity index (χ1v) is 8.64. The third kappa shape index (κ3) is 2.60. The highest BCUT2D eigenvalue weighted by molar-refractivity contribution is 5.94. The fourth-order valence-corrected chi connectivity index (χ4v) is 3.96. The third-order valence-electron chi connectivity index (χ3n) is 5.23. The van der Waals surface area contributed by atoms with Crippen LogP contribution in [0.5, 0.6) is 0 Å². The lowest BCUT2D eigenvalue weighted by atomic mass is 9.81. The first-order chi connectivity index (χ1) is 11.7. The summed E-state index contributed by atoms with van der Waals surface area (Å²) in [6.45, 7) is 3.90. The van der Waals surface area contributed by atoms with Crippen molar-refractivity contribution in [2.45, 2.75) is 19.3 Å². The van der Waals surface area contributed by atoms with Crippen molar-refractivity contribution >= 4 is 16.8 Å². The number of carbonyl (C=O) groups is 1. The van der Waals surface area contributed by atoms with Gasteiger partial charge in [-0.2, -0.15) is 0 Å². The van der Waals surface area contributed by atoms with Crippen LogP contribution < -0.4 is 0 Å². The number of fused-ring (bicyclic) bond motifs is 1. The maximum absolute atomic E-state index is 12.7. The number of carbonyl (C=O) groups excluding carboxylic acids is 1. The maximum atomic E-state index is 12.7. The van der Waals surface area contributed by atoms with Gasteiger partial charge in [0.1, 0.15) is 0 Å². The second-order valence-electron chi connectivity index (χ2n) is 6.78. The van der Waals surface area contributed by atoms with Crippen molar-refractivity contribution in [3.63, 3.8) is 0 Å². The van der Waals surface area contributed by atoms with Crippen LogP contribution >= 0.6 is 0 Å². The molecule has 2 heterocycles. The first kappa shape index (κ1) is 15.0. The molecule has 1 fully saturated rings. The molecule has 4 rings (SSSR count). The van der Waals surface area contributed by atoms with Gasteiger partial charge in [-0.1, -0.05) is 43.3 Å². The molecule has 2 atom stereocenters. The van der Waals surface area contributed by atoms with Gasteiger partial charge in [-0.25, -0.2) is 0 Å². The fraction of sp³-hybridized carbons (Fsp3) is 0.286. The van der Waals surface area contributed by atoms with E-state index in [0.29, 0.717) is 11.8 Å². The summed E-state index contributed by atoms with van der Waals surface area (Å²) in [5.41, 5.74) is 3.38. The van der Waals surface area contributed by atoms with Gasteiger partial charge < -0.3 is 9.88 Å². The Kier molecular flexibility index (Phi) is 3.85. The second-order valence-corrected chi connectivity index (χ2v) is 6.78. The van der Waals surface area contributed by atoms with Crippen LogP contribution in [0.15, 0.2) is 60.8 Å². The predicted octanol–water partition coefficient (Wildman–Crippen LogP) is 4.43. The SMILES string of the molecule is C[C@H]1CN(C(=O)c2ccccc2)CC[C@H]1c1c[nH]c2ccccc12. The van der Waals surface area contributed by atoms with Crippen molar-refractivity contribution in [2.75, 3.05) is 13.1 Å². The number of para-hydroxylation sites is 1. The van der Waals surface area contributed by atoms with Gasteiger partial charge in [0.2, 0.25) is 0 Å². The molecule has 0 saturated carbocycles. The number of rotatable bonds is 2. The average Bonchev–Trinajstić information content (AvgIpc) is 3.06. The molecular formula is C21H22N2O. The first-order valence-electron chi connectivity index (χ1n) is 8.64. The van der Waals surface area contributed by atoms with Gasteiger partial charge in [0.25, 0.3) is 5.91 Å². The summed E-state index contributed by atoms with van der Waals surface area (Å²) in [4.78, 5) is 18.1. The topological polar surface area (TPSA) is 36.1 Å². The number of nitrogens with one attached hydrogen (secondary N) is 1. The lowest BCUT2D eigenvalue weighted by molar-refractivity contribution is 0.0661. The van der Waals surface area contributed by atoms with Gasteiger partial charge in [-0.15, -0.1) is 0 Å². The van der Waals surface area contributed by atoms with E-state index < -0.39 is 0 Å². The van der Waals surface area contributed by atoms with Crippen LogP contribution in [0, 0.1) is 5.92 Å². The molecule has 1 aliphatic rings. The van der Waals surface area contributed by atoms with E-state index in [4.69, 9.17) is 0 Å². The zero-order valence-electron chi connectivity index (χ0n) is 13.9. The van der Waals surface area contributed by atoms with Crippen molar-refractivity contribution in [3.8, 4) is 0 Å². The number of piperidine rings is 1. The summed E-state index contributed by atoms with van der Waals surface area (Å²) in [6.07, 6.45) is 3.17. The lowest BCUT2D eigenvalue weighted by Crippen LogP contribution is -2.42. The molecule has 1 amide bonds. The maximum Gasteiger partial charge on any atom is 0.253 e. The molecule has 24 heavy (non-hydrogen) atoms. The van der Waals surface area contributed by atoms with Gasteiger partial charge in [0.05, 0.1) is 0 Å². The number of hydrogen-bond donors (Lipinski definition) is 1. The van der Waals surface area contributed by atoms with Crippen molar-refractivity contribution < 1.29 is 4.79 Å². The number of hydrogen-bond acceptors (Lipinski definition) is 1. The molecule has 0 aliphatic carbocycles. The number of likely N-dealkylation sites (tertiary alicyclic amines) is 1. The fourth-order valence-electron chi connectivity index (χ4n) is 3.96. The minimum absolute atomic E-state index is 0.153. The van der Waals surface area contributed by atoms with Crippen LogP contribution in [-0.2, 0) is 0 Å². The van der Waals surface area contributed by atoms with Gasteiger partial charge in [-0.05, 0) is 42.0 Å². The molecule has 3 aromatic rings. The van der Waals surface area contributed by atoms with Crippen LogP contribution in [0.4, 0.5) is 0 Å². The molecule has 122 valence electrons. The molecule has 1 aromatic heterocycles. The summed E-state index contributed by atoms with van der Waals surface area (Å²) in [7, 11) is 0. The normalized spacial score (nSPS) is 21.1. The molecule has 0 unspecified atom stereocenters. The van der Waals surface area contributed by atoms with Crippen molar-refractivity contribution in [1.29, 1.82) is 0 Å². The Morgan fingerprint density at radius 1 is 1.08 bits per heavy atom. The molecule has 0 spiro atoms. The third-order valence-corrected chi connectivity index (χ3v) is 5.23. The summed E-state index contributed by atoms with van der Waals surface area (Å²) in [6, 6.07) is 18.1. The highest BCUT2D eigenvalue weighted by Gasteiger charge is 2.31. The van der Waals surface area contributed by atoms with Gasteiger partial charge in [0.15, 0.2) is 0 Å². The van der Waals surface area contributed by atoms with Gasteiger partial charge >= 0.3 is 0 Å². The molecule has 3 heteroatoms. The summed E-state index contributed by atoms with van der Waals surface area (Å²) < 4.78 is 0. The monoisotopic (exact) mass is 318 g/mol. The number of aromatic nitrogens is 1. The number of amides is 1. The standard InChI is InChI=1S/C21H22N2O/c1-15-14-23(21(24)16-7-3-2-4-8-16)12-11-17(15)19-13-22-20-10-6-5-9-18(19)20/h2-10,13,15,17,22H,11-12,14H2,1H3/t15-,17+/m0/s1. The van der Waals surface area contributed by atoms with E-state index in [1.54, 1.807) is 0 Å². The molecule has 1 aliphatic heterocycles. The number of nitrogens with zero attached hydrogens (tertiary/aromatic N) is 1. The van der Waals surface area contributed by atoms with Gasteiger partial charge in [0, 0.05) is 35.8 Å². The minimum Gasteiger partial charge on any atom is -0.361 e. The summed E-state index contributed by atoms with van der Waals surface area (Å²) in [5, 5.41) is 1.32. The molecule has 1 N–H and O–H groups in total. The zero-order valence-corrected chi connectivity index (χ0v) is 13.9. The average molecular weight is 318 g/mol. The van der Waals surface area contributed by atoms with E-state index in [1.807, 2.05) is 35.2 Å². The molecule has 1 saturated heterocycles. The quantitative estimate of drug-likeness (QED) is 0.745. The minimum atomic E-state index is 0.153. The molecular weight excluding hydrogens is 296 g/mol. The van der Waals surface area contributed by atoms with E-state index in [0.717, 1.165) is 25.1 Å². The molecule has 2 aromatic carbocycles. The smallest absolute Gasteiger partial charge is 0.253 e.